The van der Waals surface area contributed by atoms with Gasteiger partial charge < -0.3 is 20.3 Å². The molecule has 2 aromatic heterocycles. The molecule has 2 aromatic carbocycles. The van der Waals surface area contributed by atoms with Gasteiger partial charge in [-0.15, -0.1) is 0 Å². The van der Waals surface area contributed by atoms with Gasteiger partial charge in [-0.05, 0) is 37.7 Å². The number of anilines is 2. The number of hydrogen-bond acceptors (Lipinski definition) is 7. The van der Waals surface area contributed by atoms with Gasteiger partial charge in [-0.1, -0.05) is 11.3 Å². The summed E-state index contributed by atoms with van der Waals surface area (Å²) in [4.78, 5) is 20.0. The molecule has 8 nitrogen and oxygen atoms in total. The molecule has 5 rings (SSSR count). The Bertz CT molecular complexity index is 1330. The van der Waals surface area contributed by atoms with Gasteiger partial charge in [0, 0.05) is 43.4 Å². The molecule has 0 aliphatic carbocycles. The SMILES string of the molecule is CN[C@@H]1CCN(c2ccc(C(=O)Nc3cc(F)c4nn(C)cc4c3)c3nc(OC)sc23)C1. The van der Waals surface area contributed by atoms with Gasteiger partial charge in [0.1, 0.15) is 11.0 Å². The number of aryl methyl sites for hydroxylation is 1. The Balaban J connectivity index is 1.50. The molecule has 1 fully saturated rings. The molecule has 0 saturated carbocycles. The number of likely N-dealkylation sites (N-methyl/N-ethyl adjacent to an activating group) is 1. The minimum atomic E-state index is -0.484. The predicted octanol–water partition coefficient (Wildman–Crippen LogP) is 3.38. The number of methoxy groups -OCH3 is 1. The van der Waals surface area contributed by atoms with E-state index in [9.17, 15) is 9.18 Å². The maximum atomic E-state index is 14.4. The normalized spacial score (nSPS) is 16.2. The van der Waals surface area contributed by atoms with E-state index in [0.717, 1.165) is 29.9 Å². The molecule has 0 unspecified atom stereocenters. The van der Waals surface area contributed by atoms with Gasteiger partial charge >= 0.3 is 0 Å². The first-order chi connectivity index (χ1) is 15.5. The van der Waals surface area contributed by atoms with E-state index >= 15 is 0 Å². The zero-order chi connectivity index (χ0) is 22.4. The number of hydrogen-bond donors (Lipinski definition) is 2. The number of halogens is 1. The highest BCUT2D eigenvalue weighted by Crippen LogP contribution is 2.38. The average molecular weight is 455 g/mol. The molecular formula is C22H23FN6O2S. The molecule has 1 amide bonds. The Labute approximate surface area is 188 Å². The highest BCUT2D eigenvalue weighted by Gasteiger charge is 2.26. The van der Waals surface area contributed by atoms with E-state index in [1.807, 2.05) is 13.1 Å². The molecule has 1 aliphatic rings. The van der Waals surface area contributed by atoms with Crippen LogP contribution in [0.5, 0.6) is 5.19 Å². The van der Waals surface area contributed by atoms with Crippen molar-refractivity contribution in [1.29, 1.82) is 0 Å². The highest BCUT2D eigenvalue weighted by atomic mass is 32.1. The number of carbonyl (C=O) groups is 1. The van der Waals surface area contributed by atoms with Gasteiger partial charge in [0.15, 0.2) is 5.82 Å². The Morgan fingerprint density at radius 1 is 1.31 bits per heavy atom. The molecule has 10 heteroatoms. The Morgan fingerprint density at radius 2 is 2.16 bits per heavy atom. The van der Waals surface area contributed by atoms with Crippen LogP contribution in [-0.2, 0) is 7.05 Å². The largest absolute Gasteiger partial charge is 0.473 e. The second-order valence-electron chi connectivity index (χ2n) is 7.87. The first kappa shape index (κ1) is 20.7. The maximum Gasteiger partial charge on any atom is 0.274 e. The van der Waals surface area contributed by atoms with Crippen molar-refractivity contribution in [3.8, 4) is 5.19 Å². The summed E-state index contributed by atoms with van der Waals surface area (Å²) in [6.45, 7) is 1.82. The van der Waals surface area contributed by atoms with Crippen LogP contribution in [0.4, 0.5) is 15.8 Å². The fourth-order valence-corrected chi connectivity index (χ4v) is 5.14. The molecule has 0 bridgehead atoms. The minimum absolute atomic E-state index is 0.270. The van der Waals surface area contributed by atoms with Crippen LogP contribution in [0.15, 0.2) is 30.5 Å². The smallest absolute Gasteiger partial charge is 0.274 e. The van der Waals surface area contributed by atoms with Gasteiger partial charge in [0.05, 0.1) is 23.1 Å². The number of amides is 1. The molecule has 0 spiro atoms. The lowest BCUT2D eigenvalue weighted by Crippen LogP contribution is -2.29. The monoisotopic (exact) mass is 454 g/mol. The van der Waals surface area contributed by atoms with Crippen LogP contribution in [-0.4, -0.2) is 54.0 Å². The number of ether oxygens (including phenoxy) is 1. The van der Waals surface area contributed by atoms with Crippen molar-refractivity contribution in [2.45, 2.75) is 12.5 Å². The summed E-state index contributed by atoms with van der Waals surface area (Å²) in [5.74, 6) is -0.839. The molecule has 1 aliphatic heterocycles. The number of rotatable bonds is 5. The fourth-order valence-electron chi connectivity index (χ4n) is 4.19. The zero-order valence-corrected chi connectivity index (χ0v) is 18.8. The predicted molar refractivity (Wildman–Crippen MR) is 124 cm³/mol. The second-order valence-corrected chi connectivity index (χ2v) is 8.83. The van der Waals surface area contributed by atoms with E-state index < -0.39 is 5.82 Å². The summed E-state index contributed by atoms with van der Waals surface area (Å²) in [6, 6.07) is 7.15. The van der Waals surface area contributed by atoms with Crippen molar-refractivity contribution in [2.24, 2.45) is 7.05 Å². The lowest BCUT2D eigenvalue weighted by Gasteiger charge is -2.20. The Kier molecular flexibility index (Phi) is 5.18. The number of fused-ring (bicyclic) bond motifs is 2. The summed E-state index contributed by atoms with van der Waals surface area (Å²) in [7, 11) is 5.26. The third kappa shape index (κ3) is 3.55. The van der Waals surface area contributed by atoms with Crippen molar-refractivity contribution in [2.75, 3.05) is 37.5 Å². The van der Waals surface area contributed by atoms with E-state index in [4.69, 9.17) is 4.74 Å². The van der Waals surface area contributed by atoms with Crippen LogP contribution in [0.25, 0.3) is 21.1 Å². The van der Waals surface area contributed by atoms with E-state index in [2.05, 4.69) is 25.6 Å². The van der Waals surface area contributed by atoms with Crippen molar-refractivity contribution >= 4 is 49.7 Å². The maximum absolute atomic E-state index is 14.4. The molecule has 2 N–H and O–H groups in total. The molecule has 166 valence electrons. The molecule has 0 radical (unpaired) electrons. The van der Waals surface area contributed by atoms with Crippen molar-refractivity contribution in [3.63, 3.8) is 0 Å². The lowest BCUT2D eigenvalue weighted by atomic mass is 10.1. The number of benzene rings is 2. The molecule has 3 heterocycles. The number of nitrogens with zero attached hydrogens (tertiary/aromatic N) is 4. The second kappa shape index (κ2) is 8.03. The molecule has 4 aromatic rings. The summed E-state index contributed by atoms with van der Waals surface area (Å²) < 4.78 is 22.2. The molecule has 1 saturated heterocycles. The van der Waals surface area contributed by atoms with Crippen LogP contribution >= 0.6 is 11.3 Å². The fraction of sp³-hybridized carbons (Fsp3) is 0.318. The average Bonchev–Trinajstić information content (AvgIpc) is 3.50. The zero-order valence-electron chi connectivity index (χ0n) is 18.0. The topological polar surface area (TPSA) is 84.3 Å². The van der Waals surface area contributed by atoms with Gasteiger partial charge in [-0.2, -0.15) is 5.10 Å². The summed E-state index contributed by atoms with van der Waals surface area (Å²) in [5, 5.41) is 11.3. The van der Waals surface area contributed by atoms with Crippen molar-refractivity contribution < 1.29 is 13.9 Å². The highest BCUT2D eigenvalue weighted by molar-refractivity contribution is 7.21. The summed E-state index contributed by atoms with van der Waals surface area (Å²) >= 11 is 1.42. The number of aromatic nitrogens is 3. The van der Waals surface area contributed by atoms with Crippen LogP contribution in [0, 0.1) is 5.82 Å². The van der Waals surface area contributed by atoms with Crippen LogP contribution in [0.3, 0.4) is 0 Å². The van der Waals surface area contributed by atoms with E-state index in [1.165, 1.54) is 17.4 Å². The van der Waals surface area contributed by atoms with Gasteiger partial charge in [0.2, 0.25) is 0 Å². The van der Waals surface area contributed by atoms with E-state index in [0.29, 0.717) is 33.4 Å². The number of thiazole rings is 1. The third-order valence-corrected chi connectivity index (χ3v) is 6.83. The van der Waals surface area contributed by atoms with Crippen molar-refractivity contribution in [1.82, 2.24) is 20.1 Å². The molecule has 32 heavy (non-hydrogen) atoms. The van der Waals surface area contributed by atoms with Crippen molar-refractivity contribution in [3.05, 3.63) is 41.8 Å². The summed E-state index contributed by atoms with van der Waals surface area (Å²) in [5.41, 5.74) is 2.67. The Hall–Kier alpha value is -3.24. The van der Waals surface area contributed by atoms with Gasteiger partial charge in [-0.25, -0.2) is 9.37 Å². The lowest BCUT2D eigenvalue weighted by molar-refractivity contribution is 0.102. The van der Waals surface area contributed by atoms with Crippen LogP contribution in [0.1, 0.15) is 16.8 Å². The quantitative estimate of drug-likeness (QED) is 0.481. The van der Waals surface area contributed by atoms with Crippen LogP contribution in [0.2, 0.25) is 0 Å². The van der Waals surface area contributed by atoms with E-state index in [-0.39, 0.29) is 11.4 Å². The number of carbonyl (C=O) groups excluding carboxylic acids is 1. The van der Waals surface area contributed by atoms with E-state index in [1.54, 1.807) is 37.2 Å². The van der Waals surface area contributed by atoms with Crippen LogP contribution < -0.4 is 20.3 Å². The molecule has 1 atom stereocenters. The number of nitrogens with one attached hydrogen (secondary N) is 2. The summed E-state index contributed by atoms with van der Waals surface area (Å²) in [6.07, 6.45) is 2.76. The van der Waals surface area contributed by atoms with Gasteiger partial charge in [0.25, 0.3) is 11.1 Å². The molecular weight excluding hydrogens is 431 g/mol. The minimum Gasteiger partial charge on any atom is -0.473 e. The Morgan fingerprint density at radius 3 is 2.91 bits per heavy atom. The van der Waals surface area contributed by atoms with Gasteiger partial charge in [-0.3, -0.25) is 9.48 Å². The third-order valence-electron chi connectivity index (χ3n) is 5.79. The first-order valence-corrected chi connectivity index (χ1v) is 11.1. The standard InChI is InChI=1S/C22H23FN6O2S/c1-24-13-6-7-29(11-13)17-5-4-15(19-20(17)32-22(26-19)31-3)21(30)25-14-8-12-10-28(2)27-18(12)16(23)9-14/h4-5,8-10,13,24H,6-7,11H2,1-3H3,(H,25,30)/t13-/m1/s1. The first-order valence-electron chi connectivity index (χ1n) is 10.3.